The van der Waals surface area contributed by atoms with Crippen molar-refractivity contribution >= 4 is 0 Å². The minimum atomic E-state index is -4.00. The molecule has 2 aliphatic rings. The number of unbranched alkanes of at least 4 members (excludes halogenated alkanes) is 5. The molecule has 0 aliphatic heterocycles. The van der Waals surface area contributed by atoms with Crippen molar-refractivity contribution in [3.8, 4) is 0 Å². The lowest BCUT2D eigenvalue weighted by Crippen LogP contribution is -2.25. The van der Waals surface area contributed by atoms with Crippen LogP contribution in [0.2, 0.25) is 0 Å². The highest BCUT2D eigenvalue weighted by molar-refractivity contribution is 4.80. The minimum Gasteiger partial charge on any atom is -0.171 e. The lowest BCUT2D eigenvalue weighted by molar-refractivity contribution is -0.178. The number of alkyl halides is 3. The zero-order valence-corrected chi connectivity index (χ0v) is 18.4. The topological polar surface area (TPSA) is 0 Å². The summed E-state index contributed by atoms with van der Waals surface area (Å²) in [5, 5.41) is 0. The van der Waals surface area contributed by atoms with Gasteiger partial charge in [-0.15, -0.1) is 0 Å². The molecule has 2 fully saturated rings. The minimum absolute atomic E-state index is 0.351. The molecule has 0 N–H and O–H groups in total. The summed E-state index contributed by atoms with van der Waals surface area (Å²) in [6.07, 6.45) is 17.3. The van der Waals surface area contributed by atoms with Gasteiger partial charge in [-0.1, -0.05) is 103 Å². The van der Waals surface area contributed by atoms with Crippen LogP contribution in [0, 0.1) is 23.7 Å². The highest BCUT2D eigenvalue weighted by Gasteiger charge is 2.38. The van der Waals surface area contributed by atoms with Gasteiger partial charge >= 0.3 is 6.18 Å². The van der Waals surface area contributed by atoms with Crippen molar-refractivity contribution in [2.75, 3.05) is 0 Å². The van der Waals surface area contributed by atoms with Crippen molar-refractivity contribution in [1.29, 1.82) is 0 Å². The third kappa shape index (κ3) is 9.08. The van der Waals surface area contributed by atoms with E-state index >= 15 is 0 Å². The van der Waals surface area contributed by atoms with E-state index in [4.69, 9.17) is 0 Å². The Labute approximate surface area is 172 Å². The van der Waals surface area contributed by atoms with E-state index in [1.54, 1.807) is 0 Å². The van der Waals surface area contributed by atoms with Gasteiger partial charge in [0.25, 0.3) is 0 Å². The van der Waals surface area contributed by atoms with E-state index in [1.807, 2.05) is 0 Å². The van der Waals surface area contributed by atoms with Gasteiger partial charge in [0.05, 0.1) is 5.92 Å². The molecule has 0 aromatic rings. The zero-order valence-electron chi connectivity index (χ0n) is 18.4. The Morgan fingerprint density at radius 1 is 0.679 bits per heavy atom. The van der Waals surface area contributed by atoms with Crippen LogP contribution >= 0.6 is 0 Å². The van der Waals surface area contributed by atoms with Crippen LogP contribution in [0.15, 0.2) is 0 Å². The van der Waals surface area contributed by atoms with Gasteiger partial charge in [-0.3, -0.25) is 0 Å². The van der Waals surface area contributed by atoms with E-state index in [9.17, 15) is 13.2 Å². The smallest absolute Gasteiger partial charge is 0.171 e. The molecule has 2 saturated carbocycles. The van der Waals surface area contributed by atoms with Gasteiger partial charge in [-0.25, -0.2) is 0 Å². The Morgan fingerprint density at radius 3 is 1.89 bits per heavy atom. The molecule has 166 valence electrons. The first kappa shape index (κ1) is 24.1. The average Bonchev–Trinajstić information content (AvgIpc) is 2.69. The SMILES string of the molecule is CCCCCCCCC(CCC[C@H]1CC[C@H](C2CCCCC2)CC1)C(F)(F)F. The van der Waals surface area contributed by atoms with E-state index in [1.165, 1.54) is 77.0 Å². The summed E-state index contributed by atoms with van der Waals surface area (Å²) in [4.78, 5) is 0. The molecule has 1 atom stereocenters. The largest absolute Gasteiger partial charge is 0.391 e. The molecule has 0 amide bonds. The Hall–Kier alpha value is -0.210. The van der Waals surface area contributed by atoms with Crippen molar-refractivity contribution in [3.05, 3.63) is 0 Å². The molecule has 3 heteroatoms. The first-order valence-corrected chi connectivity index (χ1v) is 12.6. The predicted molar refractivity (Wildman–Crippen MR) is 113 cm³/mol. The number of hydrogen-bond donors (Lipinski definition) is 0. The molecular weight excluding hydrogens is 357 g/mol. The van der Waals surface area contributed by atoms with Gasteiger partial charge in [0.1, 0.15) is 0 Å². The summed E-state index contributed by atoms with van der Waals surface area (Å²) in [5.74, 6) is 1.52. The first-order chi connectivity index (χ1) is 13.5. The summed E-state index contributed by atoms with van der Waals surface area (Å²) in [6.45, 7) is 2.17. The zero-order chi connectivity index (χ0) is 20.2. The van der Waals surface area contributed by atoms with Crippen molar-refractivity contribution in [2.45, 2.75) is 135 Å². The quantitative estimate of drug-likeness (QED) is 0.285. The maximum atomic E-state index is 13.4. The Bertz CT molecular complexity index is 376. The molecule has 0 nitrogen and oxygen atoms in total. The Kier molecular flexibility index (Phi) is 11.3. The van der Waals surface area contributed by atoms with E-state index in [-0.39, 0.29) is 0 Å². The maximum absolute atomic E-state index is 13.4. The van der Waals surface area contributed by atoms with Gasteiger partial charge in [-0.05, 0) is 43.4 Å². The molecular formula is C25H45F3. The second-order valence-electron chi connectivity index (χ2n) is 9.90. The maximum Gasteiger partial charge on any atom is 0.391 e. The lowest BCUT2D eigenvalue weighted by atomic mass is 9.70. The number of hydrogen-bond acceptors (Lipinski definition) is 0. The second kappa shape index (κ2) is 13.2. The molecule has 0 radical (unpaired) electrons. The number of rotatable bonds is 12. The van der Waals surface area contributed by atoms with Crippen LogP contribution in [0.1, 0.15) is 129 Å². The van der Waals surface area contributed by atoms with Gasteiger partial charge < -0.3 is 0 Å². The Balaban J connectivity index is 1.59. The fourth-order valence-corrected chi connectivity index (χ4v) is 5.85. The molecule has 28 heavy (non-hydrogen) atoms. The summed E-state index contributed by atoms with van der Waals surface area (Å²) in [6, 6.07) is 0. The standard InChI is InChI=1S/C25H45F3/c1-2-3-4-5-6-10-15-24(25(26,27)28)16-11-12-21-17-19-23(20-18-21)22-13-8-7-9-14-22/h21-24H,2-20H2,1H3/t21-,23-,24?. The average molecular weight is 403 g/mol. The van der Waals surface area contributed by atoms with Crippen molar-refractivity contribution in [1.82, 2.24) is 0 Å². The molecule has 0 aromatic carbocycles. The second-order valence-corrected chi connectivity index (χ2v) is 9.90. The Morgan fingerprint density at radius 2 is 1.25 bits per heavy atom. The van der Waals surface area contributed by atoms with Crippen LogP contribution in [0.4, 0.5) is 13.2 Å². The highest BCUT2D eigenvalue weighted by atomic mass is 19.4. The van der Waals surface area contributed by atoms with E-state index in [2.05, 4.69) is 6.92 Å². The van der Waals surface area contributed by atoms with Crippen molar-refractivity contribution in [2.24, 2.45) is 23.7 Å². The molecule has 1 unspecified atom stereocenters. The third-order valence-corrected chi connectivity index (χ3v) is 7.74. The van der Waals surface area contributed by atoms with E-state index in [0.717, 1.165) is 43.9 Å². The predicted octanol–water partition coefficient (Wildman–Crippen LogP) is 9.47. The van der Waals surface area contributed by atoms with Gasteiger partial charge in [-0.2, -0.15) is 13.2 Å². The summed E-state index contributed by atoms with van der Waals surface area (Å²) in [7, 11) is 0. The molecule has 2 aliphatic carbocycles. The number of halogens is 3. The summed E-state index contributed by atoms with van der Waals surface area (Å²) >= 11 is 0. The van der Waals surface area contributed by atoms with Crippen LogP contribution in [0.5, 0.6) is 0 Å². The molecule has 0 saturated heterocycles. The van der Waals surface area contributed by atoms with Crippen LogP contribution in [0.25, 0.3) is 0 Å². The van der Waals surface area contributed by atoms with Gasteiger partial charge in [0.15, 0.2) is 0 Å². The third-order valence-electron chi connectivity index (χ3n) is 7.74. The van der Waals surface area contributed by atoms with Gasteiger partial charge in [0, 0.05) is 0 Å². The first-order valence-electron chi connectivity index (χ1n) is 12.6. The fraction of sp³-hybridized carbons (Fsp3) is 1.00. The molecule has 0 bridgehead atoms. The summed E-state index contributed by atoms with van der Waals surface area (Å²) in [5.41, 5.74) is 0. The fourth-order valence-electron chi connectivity index (χ4n) is 5.85. The van der Waals surface area contributed by atoms with E-state index in [0.29, 0.717) is 18.8 Å². The van der Waals surface area contributed by atoms with Crippen molar-refractivity contribution < 1.29 is 13.2 Å². The summed E-state index contributed by atoms with van der Waals surface area (Å²) < 4.78 is 40.1. The highest BCUT2D eigenvalue weighted by Crippen LogP contribution is 2.42. The van der Waals surface area contributed by atoms with Crippen molar-refractivity contribution in [3.63, 3.8) is 0 Å². The van der Waals surface area contributed by atoms with Crippen LogP contribution in [0.3, 0.4) is 0 Å². The molecule has 0 spiro atoms. The monoisotopic (exact) mass is 402 g/mol. The molecule has 0 heterocycles. The van der Waals surface area contributed by atoms with Gasteiger partial charge in [0.2, 0.25) is 0 Å². The normalized spacial score (nSPS) is 25.7. The van der Waals surface area contributed by atoms with Crippen LogP contribution in [-0.4, -0.2) is 6.18 Å². The molecule has 2 rings (SSSR count). The lowest BCUT2D eigenvalue weighted by Gasteiger charge is -2.36. The van der Waals surface area contributed by atoms with Crippen LogP contribution in [-0.2, 0) is 0 Å². The molecule has 0 aromatic heterocycles. The van der Waals surface area contributed by atoms with E-state index < -0.39 is 12.1 Å². The van der Waals surface area contributed by atoms with Crippen LogP contribution < -0.4 is 0 Å².